The van der Waals surface area contributed by atoms with Gasteiger partial charge in [0.05, 0.1) is 17.1 Å². The summed E-state index contributed by atoms with van der Waals surface area (Å²) in [7, 11) is 0. The van der Waals surface area contributed by atoms with Crippen LogP contribution >= 0.6 is 0 Å². The second kappa shape index (κ2) is 11.8. The highest BCUT2D eigenvalue weighted by Gasteiger charge is 2.24. The first-order valence-corrected chi connectivity index (χ1v) is 15.4. The van der Waals surface area contributed by atoms with Gasteiger partial charge >= 0.3 is 0 Å². The summed E-state index contributed by atoms with van der Waals surface area (Å²) in [5.41, 5.74) is 22.4. The number of aromatic nitrogens is 2. The number of rotatable bonds is 8. The zero-order valence-electron chi connectivity index (χ0n) is 27.2. The van der Waals surface area contributed by atoms with Gasteiger partial charge in [0.15, 0.2) is 0 Å². The van der Waals surface area contributed by atoms with Gasteiger partial charge in [0.1, 0.15) is 0 Å². The highest BCUT2D eigenvalue weighted by atomic mass is 14.8. The number of aliphatic imine (C=N–C) groups is 2. The van der Waals surface area contributed by atoms with Gasteiger partial charge in [-0.15, -0.1) is 0 Å². The molecule has 2 aliphatic heterocycles. The molecule has 4 heterocycles. The summed E-state index contributed by atoms with van der Waals surface area (Å²) in [5, 5.41) is 0. The lowest BCUT2D eigenvalue weighted by atomic mass is 9.97. The maximum absolute atomic E-state index is 5.21. The van der Waals surface area contributed by atoms with Gasteiger partial charge in [-0.2, -0.15) is 0 Å². The fourth-order valence-corrected chi connectivity index (χ4v) is 6.31. The number of hydrogen-bond donors (Lipinski definition) is 2. The maximum atomic E-state index is 5.21. The van der Waals surface area contributed by atoms with Crippen LogP contribution in [0.4, 0.5) is 0 Å². The second-order valence-electron chi connectivity index (χ2n) is 12.1. The van der Waals surface area contributed by atoms with Crippen LogP contribution in [0, 0.1) is 34.6 Å². The minimum atomic E-state index is 0.808. The van der Waals surface area contributed by atoms with Crippen molar-refractivity contribution in [2.45, 2.75) is 94.9 Å². The van der Waals surface area contributed by atoms with Crippen LogP contribution in [0.1, 0.15) is 97.2 Å². The lowest BCUT2D eigenvalue weighted by Crippen LogP contribution is -2.06. The van der Waals surface area contributed by atoms with E-state index in [1.54, 1.807) is 0 Å². The Morgan fingerprint density at radius 3 is 1.83 bits per heavy atom. The van der Waals surface area contributed by atoms with E-state index in [2.05, 4.69) is 116 Å². The highest BCUT2D eigenvalue weighted by Crippen LogP contribution is 2.34. The van der Waals surface area contributed by atoms with Gasteiger partial charge in [-0.25, -0.2) is 0 Å². The Hall–Kier alpha value is -3.92. The summed E-state index contributed by atoms with van der Waals surface area (Å²) < 4.78 is 0. The van der Waals surface area contributed by atoms with Crippen LogP contribution in [-0.4, -0.2) is 21.4 Å². The van der Waals surface area contributed by atoms with Crippen molar-refractivity contribution in [1.29, 1.82) is 0 Å². The topological polar surface area (TPSA) is 56.3 Å². The van der Waals surface area contributed by atoms with Crippen LogP contribution in [0.2, 0.25) is 0 Å². The van der Waals surface area contributed by atoms with E-state index in [0.717, 1.165) is 48.5 Å². The fraction of sp³-hybridized carbons (Fsp3) is 0.368. The van der Waals surface area contributed by atoms with Gasteiger partial charge < -0.3 is 9.97 Å². The van der Waals surface area contributed by atoms with Crippen LogP contribution in [0.25, 0.3) is 12.2 Å². The predicted octanol–water partition coefficient (Wildman–Crippen LogP) is 9.59. The Kier molecular flexibility index (Phi) is 8.28. The third-order valence-corrected chi connectivity index (χ3v) is 9.54. The number of nitrogens with zero attached hydrogens (tertiary/aromatic N) is 2. The summed E-state index contributed by atoms with van der Waals surface area (Å²) in [6, 6.07) is 8.79. The van der Waals surface area contributed by atoms with Crippen molar-refractivity contribution in [2.24, 2.45) is 9.98 Å². The molecule has 4 heteroatoms. The highest BCUT2D eigenvalue weighted by molar-refractivity contribution is 6.07. The van der Waals surface area contributed by atoms with Gasteiger partial charge in [-0.1, -0.05) is 43.7 Å². The van der Waals surface area contributed by atoms with E-state index < -0.39 is 0 Å². The number of hydrogen-bond acceptors (Lipinski definition) is 2. The first-order valence-electron chi connectivity index (χ1n) is 15.4. The summed E-state index contributed by atoms with van der Waals surface area (Å²) in [6.07, 6.45) is 8.11. The molecule has 2 aliphatic rings. The van der Waals surface area contributed by atoms with Crippen molar-refractivity contribution in [3.05, 3.63) is 114 Å². The molecule has 0 spiro atoms. The van der Waals surface area contributed by atoms with Gasteiger partial charge in [0.25, 0.3) is 0 Å². The van der Waals surface area contributed by atoms with Crippen LogP contribution in [-0.2, 0) is 19.3 Å². The summed E-state index contributed by atoms with van der Waals surface area (Å²) >= 11 is 0. The van der Waals surface area contributed by atoms with E-state index in [0.29, 0.717) is 0 Å². The zero-order valence-corrected chi connectivity index (χ0v) is 27.2. The molecule has 0 amide bonds. The van der Waals surface area contributed by atoms with E-state index in [1.807, 2.05) is 0 Å². The molecular formula is C38H46N4. The van der Waals surface area contributed by atoms with E-state index in [-0.39, 0.29) is 0 Å². The normalized spacial score (nSPS) is 17.4. The summed E-state index contributed by atoms with van der Waals surface area (Å²) in [5.74, 6) is 0. The van der Waals surface area contributed by atoms with Crippen LogP contribution in [0.3, 0.4) is 0 Å². The molecule has 4 nitrogen and oxygen atoms in total. The molecule has 3 aromatic rings. The number of aromatic amines is 2. The minimum Gasteiger partial charge on any atom is -0.359 e. The third kappa shape index (κ3) is 5.47. The van der Waals surface area contributed by atoms with Crippen molar-refractivity contribution < 1.29 is 0 Å². The zero-order chi connectivity index (χ0) is 30.3. The Morgan fingerprint density at radius 1 is 0.619 bits per heavy atom. The Bertz CT molecular complexity index is 1740. The number of nitrogens with one attached hydrogen (secondary N) is 2. The molecule has 1 aromatic carbocycles. The van der Waals surface area contributed by atoms with Crippen LogP contribution in [0.15, 0.2) is 67.9 Å². The van der Waals surface area contributed by atoms with E-state index in [1.165, 1.54) is 78.5 Å². The molecular weight excluding hydrogens is 512 g/mol. The molecule has 218 valence electrons. The minimum absolute atomic E-state index is 0.808. The monoisotopic (exact) mass is 558 g/mol. The van der Waals surface area contributed by atoms with Crippen molar-refractivity contribution >= 4 is 23.6 Å². The first kappa shape index (κ1) is 29.6. The fourth-order valence-electron chi connectivity index (χ4n) is 6.31. The van der Waals surface area contributed by atoms with Gasteiger partial charge in [0, 0.05) is 41.3 Å². The average molecular weight is 559 g/mol. The van der Waals surface area contributed by atoms with Crippen LogP contribution in [0.5, 0.6) is 0 Å². The molecule has 0 atom stereocenters. The molecule has 0 saturated heterocycles. The molecule has 0 fully saturated rings. The average Bonchev–Trinajstić information content (AvgIpc) is 3.60. The molecule has 5 rings (SSSR count). The number of benzene rings is 1. The molecule has 0 bridgehead atoms. The maximum Gasteiger partial charge on any atom is 0.0686 e. The van der Waals surface area contributed by atoms with E-state index in [4.69, 9.17) is 9.98 Å². The number of allylic oxidation sites excluding steroid dienone is 4. The van der Waals surface area contributed by atoms with E-state index in [9.17, 15) is 0 Å². The van der Waals surface area contributed by atoms with E-state index >= 15 is 0 Å². The Labute approximate surface area is 252 Å². The summed E-state index contributed by atoms with van der Waals surface area (Å²) in [4.78, 5) is 17.7. The largest absolute Gasteiger partial charge is 0.359 e. The molecule has 2 aromatic heterocycles. The SMILES string of the molecule is CCC1=C(C)/C(=C\c2[nH]c(C)c(C)c2C)N=C1Cc1[nH]c(/C=C2\N=C(Cc3ccc(C)cc3)C(C)=C2C)c(C)c1CC. The molecule has 0 radical (unpaired) electrons. The smallest absolute Gasteiger partial charge is 0.0686 e. The molecule has 2 N–H and O–H groups in total. The van der Waals surface area contributed by atoms with Crippen molar-refractivity contribution in [2.75, 3.05) is 0 Å². The molecule has 42 heavy (non-hydrogen) atoms. The van der Waals surface area contributed by atoms with Gasteiger partial charge in [-0.05, 0) is 130 Å². The standard InChI is InChI=1S/C38H46N4/c1-11-30-26(8)35(18-33-23(5)22(4)28(10)39-33)41-37(30)20-38-31(12-2)27(9)36(42-38)19-34-25(7)24(6)32(40-34)17-29-15-13-21(3)14-16-29/h13-16,18-19,39,42H,11-12,17,20H2,1-10H3/b34-19-,35-18+. The van der Waals surface area contributed by atoms with Crippen molar-refractivity contribution in [3.63, 3.8) is 0 Å². The van der Waals surface area contributed by atoms with Gasteiger partial charge in [-0.3, -0.25) is 9.98 Å². The number of aryl methyl sites for hydroxylation is 2. The van der Waals surface area contributed by atoms with Crippen molar-refractivity contribution in [1.82, 2.24) is 9.97 Å². The first-order chi connectivity index (χ1) is 20.0. The van der Waals surface area contributed by atoms with Gasteiger partial charge in [0.2, 0.25) is 0 Å². The lowest BCUT2D eigenvalue weighted by Gasteiger charge is -2.07. The number of H-pyrrole nitrogens is 2. The van der Waals surface area contributed by atoms with Crippen LogP contribution < -0.4 is 0 Å². The quantitative estimate of drug-likeness (QED) is 0.277. The third-order valence-electron chi connectivity index (χ3n) is 9.54. The lowest BCUT2D eigenvalue weighted by molar-refractivity contribution is 1.05. The molecule has 0 aliphatic carbocycles. The van der Waals surface area contributed by atoms with Crippen molar-refractivity contribution in [3.8, 4) is 0 Å². The predicted molar refractivity (Wildman–Crippen MR) is 181 cm³/mol. The molecule has 0 saturated carbocycles. The summed E-state index contributed by atoms with van der Waals surface area (Å²) in [6.45, 7) is 22.0. The molecule has 0 unspecified atom stereocenters. The second-order valence-corrected chi connectivity index (χ2v) is 12.1. The Morgan fingerprint density at radius 2 is 1.24 bits per heavy atom. The Balaban J connectivity index is 1.46.